The molecule has 0 bridgehead atoms. The molecule has 1 N–H and O–H groups in total. The second-order valence-corrected chi connectivity index (χ2v) is 6.02. The number of thiazole rings is 1. The zero-order valence-electron chi connectivity index (χ0n) is 9.58. The van der Waals surface area contributed by atoms with Crippen molar-refractivity contribution in [2.45, 2.75) is 31.7 Å². The molecule has 90 valence electrons. The van der Waals surface area contributed by atoms with Crippen LogP contribution in [0.1, 0.15) is 36.7 Å². The van der Waals surface area contributed by atoms with Crippen LogP contribution in [0.4, 0.5) is 0 Å². The van der Waals surface area contributed by atoms with Crippen molar-refractivity contribution in [3.63, 3.8) is 0 Å². The number of halogens is 1. The van der Waals surface area contributed by atoms with E-state index in [1.807, 2.05) is 18.2 Å². The fraction of sp³-hybridized carbons (Fsp3) is 0.462. The van der Waals surface area contributed by atoms with Gasteiger partial charge in [-0.05, 0) is 37.6 Å². The van der Waals surface area contributed by atoms with Crippen LogP contribution >= 0.6 is 22.9 Å². The third-order valence-corrected chi connectivity index (χ3v) is 4.59. The Morgan fingerprint density at radius 3 is 3.18 bits per heavy atom. The van der Waals surface area contributed by atoms with Gasteiger partial charge in [0.25, 0.3) is 0 Å². The third kappa shape index (κ3) is 2.46. The molecule has 1 fully saturated rings. The van der Waals surface area contributed by atoms with Crippen molar-refractivity contribution in [2.75, 3.05) is 6.54 Å². The van der Waals surface area contributed by atoms with E-state index in [1.54, 1.807) is 11.3 Å². The van der Waals surface area contributed by atoms with Crippen LogP contribution < -0.4 is 5.32 Å². The maximum atomic E-state index is 6.00. The fourth-order valence-electron chi connectivity index (χ4n) is 2.30. The Bertz CT molecular complexity index is 515. The summed E-state index contributed by atoms with van der Waals surface area (Å²) < 4.78 is 1.19. The minimum Gasteiger partial charge on any atom is -0.308 e. The number of aromatic nitrogens is 1. The summed E-state index contributed by atoms with van der Waals surface area (Å²) in [6.45, 7) is 1.11. The summed E-state index contributed by atoms with van der Waals surface area (Å²) >= 11 is 7.77. The molecule has 1 aliphatic rings. The Morgan fingerprint density at radius 1 is 1.29 bits per heavy atom. The van der Waals surface area contributed by atoms with Crippen molar-refractivity contribution in [2.24, 2.45) is 0 Å². The molecule has 1 aromatic carbocycles. The van der Waals surface area contributed by atoms with Crippen molar-refractivity contribution in [3.8, 4) is 0 Å². The average molecular weight is 267 g/mol. The number of benzene rings is 1. The quantitative estimate of drug-likeness (QED) is 0.839. The Hall–Kier alpha value is -0.640. The van der Waals surface area contributed by atoms with E-state index in [2.05, 4.69) is 5.32 Å². The molecule has 1 aliphatic heterocycles. The highest BCUT2D eigenvalue weighted by Gasteiger charge is 2.17. The van der Waals surface area contributed by atoms with Gasteiger partial charge in [0, 0.05) is 5.02 Å². The lowest BCUT2D eigenvalue weighted by Crippen LogP contribution is -2.19. The van der Waals surface area contributed by atoms with Gasteiger partial charge in [0.2, 0.25) is 0 Å². The fourth-order valence-corrected chi connectivity index (χ4v) is 3.66. The van der Waals surface area contributed by atoms with Gasteiger partial charge in [0.15, 0.2) is 0 Å². The first-order valence-electron chi connectivity index (χ1n) is 6.12. The van der Waals surface area contributed by atoms with Gasteiger partial charge in [-0.3, -0.25) is 0 Å². The molecule has 0 saturated carbocycles. The van der Waals surface area contributed by atoms with Crippen molar-refractivity contribution >= 4 is 33.2 Å². The second kappa shape index (κ2) is 4.92. The number of nitrogens with zero attached hydrogens (tertiary/aromatic N) is 1. The maximum absolute atomic E-state index is 6.00. The first kappa shape index (κ1) is 11.5. The molecule has 2 nitrogen and oxygen atoms in total. The Kier molecular flexibility index (Phi) is 3.32. The summed E-state index contributed by atoms with van der Waals surface area (Å²) in [5.74, 6) is 0. The lowest BCUT2D eigenvalue weighted by atomic mass is 10.1. The van der Waals surface area contributed by atoms with Crippen LogP contribution in [-0.2, 0) is 0 Å². The molecule has 0 amide bonds. The SMILES string of the molecule is Clc1ccc2nc(C3CCCCCN3)sc2c1. The highest BCUT2D eigenvalue weighted by Crippen LogP contribution is 2.31. The van der Waals surface area contributed by atoms with Crippen LogP contribution in [0.5, 0.6) is 0 Å². The maximum Gasteiger partial charge on any atom is 0.111 e. The normalized spacial score (nSPS) is 21.6. The number of fused-ring (bicyclic) bond motifs is 1. The average Bonchev–Trinajstić information content (AvgIpc) is 2.57. The molecule has 17 heavy (non-hydrogen) atoms. The molecule has 2 aromatic rings. The lowest BCUT2D eigenvalue weighted by molar-refractivity contribution is 0.533. The summed E-state index contributed by atoms with van der Waals surface area (Å²) in [6.07, 6.45) is 5.12. The van der Waals surface area contributed by atoms with Gasteiger partial charge in [-0.25, -0.2) is 4.98 Å². The van der Waals surface area contributed by atoms with Crippen LogP contribution in [0.15, 0.2) is 18.2 Å². The molecule has 3 rings (SSSR count). The van der Waals surface area contributed by atoms with E-state index in [9.17, 15) is 0 Å². The van der Waals surface area contributed by atoms with Gasteiger partial charge in [-0.15, -0.1) is 11.3 Å². The highest BCUT2D eigenvalue weighted by molar-refractivity contribution is 7.18. The summed E-state index contributed by atoms with van der Waals surface area (Å²) in [6, 6.07) is 6.37. The topological polar surface area (TPSA) is 24.9 Å². The van der Waals surface area contributed by atoms with E-state index < -0.39 is 0 Å². The van der Waals surface area contributed by atoms with Gasteiger partial charge in [-0.1, -0.05) is 24.4 Å². The minimum atomic E-state index is 0.439. The van der Waals surface area contributed by atoms with Gasteiger partial charge < -0.3 is 5.32 Å². The molecule has 1 aromatic heterocycles. The zero-order chi connectivity index (χ0) is 11.7. The molecule has 4 heteroatoms. The van der Waals surface area contributed by atoms with E-state index in [-0.39, 0.29) is 0 Å². The van der Waals surface area contributed by atoms with Crippen LogP contribution in [0.3, 0.4) is 0 Å². The standard InChI is InChI=1S/C13H15ClN2S/c14-9-5-6-10-12(8-9)17-13(16-10)11-4-2-1-3-7-15-11/h5-6,8,11,15H,1-4,7H2. The number of hydrogen-bond acceptors (Lipinski definition) is 3. The van der Waals surface area contributed by atoms with Gasteiger partial charge >= 0.3 is 0 Å². The van der Waals surface area contributed by atoms with E-state index in [0.29, 0.717) is 6.04 Å². The third-order valence-electron chi connectivity index (χ3n) is 3.23. The first-order chi connectivity index (χ1) is 8.33. The van der Waals surface area contributed by atoms with Crippen LogP contribution in [-0.4, -0.2) is 11.5 Å². The lowest BCUT2D eigenvalue weighted by Gasteiger charge is -2.11. The number of hydrogen-bond donors (Lipinski definition) is 1. The first-order valence-corrected chi connectivity index (χ1v) is 7.32. The Labute approximate surface area is 110 Å². The van der Waals surface area contributed by atoms with E-state index >= 15 is 0 Å². The Morgan fingerprint density at radius 2 is 2.24 bits per heavy atom. The number of nitrogens with one attached hydrogen (secondary N) is 1. The summed E-state index contributed by atoms with van der Waals surface area (Å²) in [5.41, 5.74) is 1.07. The monoisotopic (exact) mass is 266 g/mol. The molecule has 0 aliphatic carbocycles. The molecule has 0 spiro atoms. The predicted molar refractivity (Wildman–Crippen MR) is 73.8 cm³/mol. The van der Waals surface area contributed by atoms with Gasteiger partial charge in [0.1, 0.15) is 5.01 Å². The molecule has 1 unspecified atom stereocenters. The van der Waals surface area contributed by atoms with Crippen molar-refractivity contribution in [3.05, 3.63) is 28.2 Å². The van der Waals surface area contributed by atoms with Crippen molar-refractivity contribution < 1.29 is 0 Å². The van der Waals surface area contributed by atoms with Crippen LogP contribution in [0.2, 0.25) is 5.02 Å². The van der Waals surface area contributed by atoms with Crippen molar-refractivity contribution in [1.82, 2.24) is 10.3 Å². The van der Waals surface area contributed by atoms with E-state index in [0.717, 1.165) is 17.1 Å². The Balaban J connectivity index is 1.93. The van der Waals surface area contributed by atoms with Crippen molar-refractivity contribution in [1.29, 1.82) is 0 Å². The molecule has 0 radical (unpaired) electrons. The molecule has 1 atom stereocenters. The van der Waals surface area contributed by atoms with E-state index in [4.69, 9.17) is 16.6 Å². The second-order valence-electron chi connectivity index (χ2n) is 4.52. The smallest absolute Gasteiger partial charge is 0.111 e. The van der Waals surface area contributed by atoms with Crippen LogP contribution in [0.25, 0.3) is 10.2 Å². The largest absolute Gasteiger partial charge is 0.308 e. The molecule has 2 heterocycles. The summed E-state index contributed by atoms with van der Waals surface area (Å²) in [5, 5.41) is 5.59. The van der Waals surface area contributed by atoms with E-state index in [1.165, 1.54) is 35.4 Å². The molecule has 1 saturated heterocycles. The predicted octanol–water partition coefficient (Wildman–Crippen LogP) is 4.15. The molecular weight excluding hydrogens is 252 g/mol. The van der Waals surface area contributed by atoms with Gasteiger partial charge in [0.05, 0.1) is 16.3 Å². The number of rotatable bonds is 1. The zero-order valence-corrected chi connectivity index (χ0v) is 11.2. The highest BCUT2D eigenvalue weighted by atomic mass is 35.5. The molecular formula is C13H15ClN2S. The van der Waals surface area contributed by atoms with Gasteiger partial charge in [-0.2, -0.15) is 0 Å². The summed E-state index contributed by atoms with van der Waals surface area (Å²) in [4.78, 5) is 4.72. The summed E-state index contributed by atoms with van der Waals surface area (Å²) in [7, 11) is 0. The minimum absolute atomic E-state index is 0.439. The van der Waals surface area contributed by atoms with Crippen LogP contribution in [0, 0.1) is 0 Å².